The summed E-state index contributed by atoms with van der Waals surface area (Å²) in [5, 5.41) is 4.06. The third-order valence-electron chi connectivity index (χ3n) is 6.82. The highest BCUT2D eigenvalue weighted by Crippen LogP contribution is 2.32. The Hall–Kier alpha value is -3.81. The van der Waals surface area contributed by atoms with E-state index in [1.165, 1.54) is 34.4 Å². The van der Waals surface area contributed by atoms with Gasteiger partial charge in [-0.2, -0.15) is 5.10 Å². The van der Waals surface area contributed by atoms with Crippen molar-refractivity contribution in [3.05, 3.63) is 84.1 Å². The monoisotopic (exact) mass is 489 g/mol. The summed E-state index contributed by atoms with van der Waals surface area (Å²) in [7, 11) is 0. The SMILES string of the molecule is CCc1ccc(N2CCC(COc3c(F)cc(-c4ccc(-n5cncn5)nc4C)cc3F)CC2)cc1. The first kappa shape index (κ1) is 23.9. The lowest BCUT2D eigenvalue weighted by Crippen LogP contribution is -2.35. The average Bonchev–Trinajstić information content (AvgIpc) is 3.44. The summed E-state index contributed by atoms with van der Waals surface area (Å²) < 4.78 is 37.0. The predicted octanol–water partition coefficient (Wildman–Crippen LogP) is 5.77. The molecule has 0 aliphatic carbocycles. The lowest BCUT2D eigenvalue weighted by molar-refractivity contribution is 0.207. The fourth-order valence-electron chi connectivity index (χ4n) is 4.66. The second-order valence-electron chi connectivity index (χ2n) is 9.17. The fraction of sp³-hybridized carbons (Fsp3) is 0.321. The summed E-state index contributed by atoms with van der Waals surface area (Å²) in [6.07, 6.45) is 5.82. The molecular formula is C28H29F2N5O. The lowest BCUT2D eigenvalue weighted by Gasteiger charge is -2.33. The molecule has 0 spiro atoms. The van der Waals surface area contributed by atoms with E-state index in [4.69, 9.17) is 4.74 Å². The fourth-order valence-corrected chi connectivity index (χ4v) is 4.66. The first-order valence-corrected chi connectivity index (χ1v) is 12.3. The number of ether oxygens (including phenoxy) is 1. The van der Waals surface area contributed by atoms with Crippen molar-refractivity contribution in [2.75, 3.05) is 24.6 Å². The molecule has 2 aromatic carbocycles. The van der Waals surface area contributed by atoms with Gasteiger partial charge in [-0.15, -0.1) is 0 Å². The summed E-state index contributed by atoms with van der Waals surface area (Å²) in [5.74, 6) is -0.901. The molecule has 1 saturated heterocycles. The number of hydrogen-bond acceptors (Lipinski definition) is 5. The van der Waals surface area contributed by atoms with Gasteiger partial charge < -0.3 is 9.64 Å². The molecule has 5 rings (SSSR count). The number of hydrogen-bond donors (Lipinski definition) is 0. The van der Waals surface area contributed by atoms with Crippen LogP contribution in [0.2, 0.25) is 0 Å². The molecule has 0 bridgehead atoms. The van der Waals surface area contributed by atoms with Crippen LogP contribution in [0.15, 0.2) is 61.2 Å². The Labute approximate surface area is 209 Å². The Morgan fingerprint density at radius 1 is 1.00 bits per heavy atom. The van der Waals surface area contributed by atoms with Gasteiger partial charge in [0, 0.05) is 30.0 Å². The van der Waals surface area contributed by atoms with Gasteiger partial charge >= 0.3 is 0 Å². The number of piperidine rings is 1. The Balaban J connectivity index is 1.22. The maximum absolute atomic E-state index is 14.9. The van der Waals surface area contributed by atoms with E-state index in [-0.39, 0.29) is 11.7 Å². The van der Waals surface area contributed by atoms with E-state index in [0.717, 1.165) is 32.4 Å². The zero-order valence-electron chi connectivity index (χ0n) is 20.5. The maximum Gasteiger partial charge on any atom is 0.190 e. The minimum Gasteiger partial charge on any atom is -0.487 e. The van der Waals surface area contributed by atoms with Crippen molar-refractivity contribution in [1.82, 2.24) is 19.7 Å². The number of rotatable bonds is 7. The van der Waals surface area contributed by atoms with Crippen molar-refractivity contribution in [2.45, 2.75) is 33.1 Å². The molecule has 0 amide bonds. The highest BCUT2D eigenvalue weighted by Gasteiger charge is 2.22. The van der Waals surface area contributed by atoms with E-state index in [2.05, 4.69) is 51.2 Å². The molecule has 1 fully saturated rings. The van der Waals surface area contributed by atoms with Gasteiger partial charge in [-0.1, -0.05) is 19.1 Å². The second kappa shape index (κ2) is 10.4. The van der Waals surface area contributed by atoms with Crippen LogP contribution < -0.4 is 9.64 Å². The molecule has 0 saturated carbocycles. The van der Waals surface area contributed by atoms with Crippen LogP contribution in [-0.2, 0) is 6.42 Å². The van der Waals surface area contributed by atoms with E-state index in [0.29, 0.717) is 29.2 Å². The van der Waals surface area contributed by atoms with E-state index in [1.54, 1.807) is 25.4 Å². The first-order valence-electron chi connectivity index (χ1n) is 12.3. The molecule has 4 aromatic rings. The number of aromatic nitrogens is 4. The molecule has 8 heteroatoms. The number of aryl methyl sites for hydroxylation is 2. The molecule has 1 aliphatic heterocycles. The smallest absolute Gasteiger partial charge is 0.190 e. The molecule has 0 atom stereocenters. The third kappa shape index (κ3) is 5.08. The molecule has 0 unspecified atom stereocenters. The van der Waals surface area contributed by atoms with Crippen LogP contribution in [0.25, 0.3) is 16.9 Å². The van der Waals surface area contributed by atoms with E-state index >= 15 is 0 Å². The number of benzene rings is 2. The quantitative estimate of drug-likeness (QED) is 0.330. The van der Waals surface area contributed by atoms with E-state index in [1.807, 2.05) is 0 Å². The predicted molar refractivity (Wildman–Crippen MR) is 135 cm³/mol. The van der Waals surface area contributed by atoms with Gasteiger partial charge in [-0.05, 0) is 79.6 Å². The zero-order valence-corrected chi connectivity index (χ0v) is 20.5. The Bertz CT molecular complexity index is 1290. The van der Waals surface area contributed by atoms with Crippen LogP contribution in [-0.4, -0.2) is 39.4 Å². The minimum absolute atomic E-state index is 0.255. The first-order chi connectivity index (χ1) is 17.5. The third-order valence-corrected chi connectivity index (χ3v) is 6.82. The summed E-state index contributed by atoms with van der Waals surface area (Å²) in [6.45, 7) is 6.04. The van der Waals surface area contributed by atoms with Crippen LogP contribution in [0.1, 0.15) is 31.0 Å². The van der Waals surface area contributed by atoms with Crippen LogP contribution in [0.5, 0.6) is 5.75 Å². The number of anilines is 1. The Morgan fingerprint density at radius 2 is 1.72 bits per heavy atom. The molecule has 186 valence electrons. The van der Waals surface area contributed by atoms with Crippen molar-refractivity contribution >= 4 is 5.69 Å². The van der Waals surface area contributed by atoms with Crippen molar-refractivity contribution in [3.63, 3.8) is 0 Å². The Morgan fingerprint density at radius 3 is 2.33 bits per heavy atom. The van der Waals surface area contributed by atoms with E-state index < -0.39 is 11.6 Å². The summed E-state index contributed by atoms with van der Waals surface area (Å²) in [5.41, 5.74) is 4.23. The normalized spacial score (nSPS) is 14.3. The largest absolute Gasteiger partial charge is 0.487 e. The van der Waals surface area contributed by atoms with Gasteiger partial charge in [0.15, 0.2) is 23.2 Å². The summed E-state index contributed by atoms with van der Waals surface area (Å²) in [6, 6.07) is 14.8. The minimum atomic E-state index is -0.710. The lowest BCUT2D eigenvalue weighted by atomic mass is 9.97. The summed E-state index contributed by atoms with van der Waals surface area (Å²) in [4.78, 5) is 10.8. The van der Waals surface area contributed by atoms with Crippen LogP contribution in [0.3, 0.4) is 0 Å². The van der Waals surface area contributed by atoms with Gasteiger partial charge in [0.25, 0.3) is 0 Å². The highest BCUT2D eigenvalue weighted by molar-refractivity contribution is 5.67. The van der Waals surface area contributed by atoms with Crippen molar-refractivity contribution < 1.29 is 13.5 Å². The number of nitrogens with zero attached hydrogens (tertiary/aromatic N) is 5. The molecule has 0 radical (unpaired) electrons. The van der Waals surface area contributed by atoms with Gasteiger partial charge in [0.2, 0.25) is 0 Å². The molecule has 36 heavy (non-hydrogen) atoms. The highest BCUT2D eigenvalue weighted by atomic mass is 19.1. The molecule has 2 aromatic heterocycles. The number of pyridine rings is 1. The van der Waals surface area contributed by atoms with Crippen molar-refractivity contribution in [3.8, 4) is 22.7 Å². The zero-order chi connectivity index (χ0) is 25.1. The standard InChI is InChI=1S/C28H29F2N5O/c1-3-20-4-6-23(7-5-20)34-12-10-21(11-13-34)16-36-28-25(29)14-22(15-26(28)30)24-8-9-27(33-19(24)2)35-18-31-17-32-35/h4-9,14-15,17-18,21H,3,10-13,16H2,1-2H3. The molecule has 1 aliphatic rings. The van der Waals surface area contributed by atoms with Gasteiger partial charge in [0.05, 0.1) is 6.61 Å². The average molecular weight is 490 g/mol. The number of halogens is 2. The van der Waals surface area contributed by atoms with Crippen molar-refractivity contribution in [1.29, 1.82) is 0 Å². The van der Waals surface area contributed by atoms with Gasteiger partial charge in [-0.3, -0.25) is 0 Å². The maximum atomic E-state index is 14.9. The molecular weight excluding hydrogens is 460 g/mol. The molecule has 6 nitrogen and oxygen atoms in total. The second-order valence-corrected chi connectivity index (χ2v) is 9.17. The van der Waals surface area contributed by atoms with Gasteiger partial charge in [-0.25, -0.2) is 23.4 Å². The van der Waals surface area contributed by atoms with Crippen LogP contribution >= 0.6 is 0 Å². The summed E-state index contributed by atoms with van der Waals surface area (Å²) >= 11 is 0. The van der Waals surface area contributed by atoms with Crippen LogP contribution in [0.4, 0.5) is 14.5 Å². The van der Waals surface area contributed by atoms with Crippen molar-refractivity contribution in [2.24, 2.45) is 5.92 Å². The van der Waals surface area contributed by atoms with E-state index in [9.17, 15) is 8.78 Å². The van der Waals surface area contributed by atoms with Gasteiger partial charge in [0.1, 0.15) is 12.7 Å². The topological polar surface area (TPSA) is 56.1 Å². The molecule has 3 heterocycles. The Kier molecular flexibility index (Phi) is 6.93. The molecule has 0 N–H and O–H groups in total. The van der Waals surface area contributed by atoms with Crippen LogP contribution in [0, 0.1) is 24.5 Å².